The minimum atomic E-state index is -1.29. The Balaban J connectivity index is 1.19. The standard InChI is InChI=1S/C45H61N7O5Si/c1-8-34-28-36(56-31-33-14-10-9-11-15-33)18-20-37(34)35-17-19-38-39(29-35)52(41-16-12-13-25-55-41)48-42(38)43-46-40(47-51(43)32-54-26-27-58(5,6)7)30-49-21-23-50(24-22-49)44(53)57-45(2,3)4/h9-11,14-15,17-20,28-29,41H,8,12-13,16,21-27,30-32H2,1-7H3. The summed E-state index contributed by atoms with van der Waals surface area (Å²) in [5.74, 6) is 2.24. The molecule has 0 N–H and O–H groups in total. The van der Waals surface area contributed by atoms with Crippen molar-refractivity contribution in [3.8, 4) is 28.4 Å². The van der Waals surface area contributed by atoms with Crippen LogP contribution in [0.5, 0.6) is 5.75 Å². The summed E-state index contributed by atoms with van der Waals surface area (Å²) in [6.07, 6.45) is 3.44. The summed E-state index contributed by atoms with van der Waals surface area (Å²) in [5.41, 5.74) is 5.88. The van der Waals surface area contributed by atoms with Crippen LogP contribution in [0.15, 0.2) is 66.7 Å². The molecule has 0 radical (unpaired) electrons. The van der Waals surface area contributed by atoms with Crippen LogP contribution in [0.4, 0.5) is 4.79 Å². The molecule has 1 atom stereocenters. The predicted molar refractivity (Wildman–Crippen MR) is 230 cm³/mol. The summed E-state index contributed by atoms with van der Waals surface area (Å²) in [6, 6.07) is 24.3. The fourth-order valence-electron chi connectivity index (χ4n) is 7.45. The van der Waals surface area contributed by atoms with Crippen LogP contribution in [0.25, 0.3) is 33.5 Å². The van der Waals surface area contributed by atoms with E-state index in [1.165, 1.54) is 11.1 Å². The van der Waals surface area contributed by atoms with Gasteiger partial charge in [0.2, 0.25) is 0 Å². The number of benzene rings is 3. The molecule has 5 aromatic rings. The lowest BCUT2D eigenvalue weighted by molar-refractivity contribution is -0.0365. The third-order valence-corrected chi connectivity index (χ3v) is 12.4. The van der Waals surface area contributed by atoms with Gasteiger partial charge in [-0.3, -0.25) is 4.90 Å². The van der Waals surface area contributed by atoms with Gasteiger partial charge in [-0.25, -0.2) is 19.1 Å². The van der Waals surface area contributed by atoms with Crippen LogP contribution in [-0.2, 0) is 40.5 Å². The molecule has 3 aromatic carbocycles. The molecule has 13 heteroatoms. The molecular formula is C45H61N7O5Si. The lowest BCUT2D eigenvalue weighted by Crippen LogP contribution is -2.49. The molecule has 4 heterocycles. The Morgan fingerprint density at radius 3 is 2.45 bits per heavy atom. The second-order valence-electron chi connectivity index (χ2n) is 17.7. The molecule has 7 rings (SSSR count). The van der Waals surface area contributed by atoms with Crippen LogP contribution in [0, 0.1) is 0 Å². The summed E-state index contributed by atoms with van der Waals surface area (Å²) < 4.78 is 28.4. The molecule has 0 saturated carbocycles. The highest BCUT2D eigenvalue weighted by molar-refractivity contribution is 6.76. The molecule has 2 saturated heterocycles. The maximum atomic E-state index is 12.7. The average molecular weight is 808 g/mol. The zero-order valence-corrected chi connectivity index (χ0v) is 36.5. The lowest BCUT2D eigenvalue weighted by Gasteiger charge is -2.35. The van der Waals surface area contributed by atoms with Crippen molar-refractivity contribution >= 4 is 25.1 Å². The van der Waals surface area contributed by atoms with Crippen molar-refractivity contribution in [2.24, 2.45) is 0 Å². The number of carbonyl (C=O) groups excluding carboxylic acids is 1. The molecule has 310 valence electrons. The van der Waals surface area contributed by atoms with Crippen LogP contribution >= 0.6 is 0 Å². The number of hydrogen-bond donors (Lipinski definition) is 0. The summed E-state index contributed by atoms with van der Waals surface area (Å²) in [5, 5.41) is 11.3. The van der Waals surface area contributed by atoms with Gasteiger partial charge in [0, 0.05) is 52.9 Å². The molecule has 1 unspecified atom stereocenters. The average Bonchev–Trinajstić information content (AvgIpc) is 3.79. The van der Waals surface area contributed by atoms with E-state index < -0.39 is 13.7 Å². The van der Waals surface area contributed by atoms with E-state index in [2.05, 4.69) is 84.7 Å². The number of piperazine rings is 1. The van der Waals surface area contributed by atoms with Crippen molar-refractivity contribution in [1.82, 2.24) is 34.3 Å². The van der Waals surface area contributed by atoms with Crippen LogP contribution in [0.1, 0.15) is 70.1 Å². The van der Waals surface area contributed by atoms with E-state index in [0.29, 0.717) is 64.2 Å². The van der Waals surface area contributed by atoms with Crippen LogP contribution < -0.4 is 4.74 Å². The molecule has 0 aliphatic carbocycles. The second-order valence-corrected chi connectivity index (χ2v) is 23.4. The normalized spacial score (nSPS) is 16.9. The number of ether oxygens (including phenoxy) is 4. The summed E-state index contributed by atoms with van der Waals surface area (Å²) in [6.45, 7) is 20.3. The first kappa shape index (κ1) is 41.6. The molecule has 12 nitrogen and oxygen atoms in total. The third-order valence-electron chi connectivity index (χ3n) is 10.7. The molecular weight excluding hydrogens is 747 g/mol. The van der Waals surface area contributed by atoms with Gasteiger partial charge in [0.25, 0.3) is 0 Å². The number of aromatic nitrogens is 5. The van der Waals surface area contributed by atoms with E-state index in [-0.39, 0.29) is 19.1 Å². The molecule has 0 bridgehead atoms. The third kappa shape index (κ3) is 10.5. The van der Waals surface area contributed by atoms with Gasteiger partial charge in [0.15, 0.2) is 17.9 Å². The number of amides is 1. The van der Waals surface area contributed by atoms with Gasteiger partial charge in [-0.1, -0.05) is 69.0 Å². The van der Waals surface area contributed by atoms with Crippen molar-refractivity contribution in [2.75, 3.05) is 39.4 Å². The number of aryl methyl sites for hydroxylation is 1. The van der Waals surface area contributed by atoms with Gasteiger partial charge >= 0.3 is 6.09 Å². The highest BCUT2D eigenvalue weighted by Crippen LogP contribution is 2.37. The topological polar surface area (TPSA) is 109 Å². The monoisotopic (exact) mass is 807 g/mol. The van der Waals surface area contributed by atoms with E-state index in [1.807, 2.05) is 43.7 Å². The van der Waals surface area contributed by atoms with E-state index in [9.17, 15) is 4.79 Å². The maximum Gasteiger partial charge on any atom is 0.410 e. The number of fused-ring (bicyclic) bond motifs is 1. The Morgan fingerprint density at radius 2 is 1.74 bits per heavy atom. The maximum absolute atomic E-state index is 12.7. The molecule has 58 heavy (non-hydrogen) atoms. The van der Waals surface area contributed by atoms with E-state index >= 15 is 0 Å². The minimum absolute atomic E-state index is 0.176. The van der Waals surface area contributed by atoms with E-state index in [0.717, 1.165) is 65.2 Å². The van der Waals surface area contributed by atoms with Crippen molar-refractivity contribution in [1.29, 1.82) is 0 Å². The van der Waals surface area contributed by atoms with E-state index in [1.54, 1.807) is 4.90 Å². The largest absolute Gasteiger partial charge is 0.489 e. The molecule has 1 amide bonds. The Bertz CT molecular complexity index is 2140. The Morgan fingerprint density at radius 1 is 0.948 bits per heavy atom. The van der Waals surface area contributed by atoms with Crippen molar-refractivity contribution in [3.63, 3.8) is 0 Å². The van der Waals surface area contributed by atoms with Crippen molar-refractivity contribution < 1.29 is 23.7 Å². The number of carbonyl (C=O) groups is 1. The van der Waals surface area contributed by atoms with Crippen molar-refractivity contribution in [2.45, 2.75) is 111 Å². The van der Waals surface area contributed by atoms with Gasteiger partial charge < -0.3 is 23.8 Å². The zero-order valence-electron chi connectivity index (χ0n) is 35.5. The first-order valence-electron chi connectivity index (χ1n) is 21.0. The molecule has 2 aliphatic rings. The van der Waals surface area contributed by atoms with Crippen LogP contribution in [0.2, 0.25) is 25.7 Å². The minimum Gasteiger partial charge on any atom is -0.489 e. The highest BCUT2D eigenvalue weighted by Gasteiger charge is 2.29. The van der Waals surface area contributed by atoms with E-state index in [4.69, 9.17) is 34.1 Å². The highest BCUT2D eigenvalue weighted by atomic mass is 28.3. The van der Waals surface area contributed by atoms with Crippen molar-refractivity contribution in [3.05, 3.63) is 83.7 Å². The molecule has 2 aliphatic heterocycles. The van der Waals surface area contributed by atoms with Crippen LogP contribution in [-0.4, -0.2) is 93.5 Å². The number of rotatable bonds is 14. The molecule has 0 spiro atoms. The summed E-state index contributed by atoms with van der Waals surface area (Å²) >= 11 is 0. The van der Waals surface area contributed by atoms with Gasteiger partial charge in [-0.05, 0) is 99.0 Å². The van der Waals surface area contributed by atoms with Gasteiger partial charge in [0.1, 0.15) is 30.4 Å². The van der Waals surface area contributed by atoms with Gasteiger partial charge in [0.05, 0.1) is 12.1 Å². The Kier molecular flexibility index (Phi) is 13.0. The fraction of sp³-hybridized carbons (Fsp3) is 0.511. The zero-order chi connectivity index (χ0) is 40.9. The lowest BCUT2D eigenvalue weighted by atomic mass is 9.96. The second kappa shape index (κ2) is 18.1. The van der Waals surface area contributed by atoms with Crippen LogP contribution in [0.3, 0.4) is 0 Å². The number of nitrogens with zero attached hydrogens (tertiary/aromatic N) is 7. The molecule has 2 aromatic heterocycles. The SMILES string of the molecule is CCc1cc(OCc2ccccc2)ccc1-c1ccc2c(-c3nc(CN4CCN(C(=O)OC(C)(C)C)CC4)nn3COCC[Si](C)(C)C)nn(C3CCCCO3)c2c1. The quantitative estimate of drug-likeness (QED) is 0.0802. The first-order chi connectivity index (χ1) is 27.8. The summed E-state index contributed by atoms with van der Waals surface area (Å²) in [4.78, 5) is 22.0. The Labute approximate surface area is 344 Å². The predicted octanol–water partition coefficient (Wildman–Crippen LogP) is 9.17. The smallest absolute Gasteiger partial charge is 0.410 e. The fourth-order valence-corrected chi connectivity index (χ4v) is 8.20. The Hall–Kier alpha value is -4.56. The van der Waals surface area contributed by atoms with Gasteiger partial charge in [-0.15, -0.1) is 0 Å². The summed E-state index contributed by atoms with van der Waals surface area (Å²) in [7, 11) is -1.29. The molecule has 2 fully saturated rings. The number of hydrogen-bond acceptors (Lipinski definition) is 9. The first-order valence-corrected chi connectivity index (χ1v) is 24.7. The van der Waals surface area contributed by atoms with Gasteiger partial charge in [-0.2, -0.15) is 10.2 Å².